The van der Waals surface area contributed by atoms with Crippen LogP contribution >= 0.6 is 0 Å². The molecule has 0 N–H and O–H groups in total. The Kier molecular flexibility index (Phi) is 132. The van der Waals surface area contributed by atoms with Gasteiger partial charge in [0.2, 0.25) is 0 Å². The molecule has 0 aliphatic carbocycles. The molecule has 0 saturated heterocycles. The molecule has 0 aliphatic heterocycles. The Hall–Kier alpha value is 2.65. The molecule has 0 amide bonds. The quantitative estimate of drug-likeness (QED) is 0.348. The summed E-state index contributed by atoms with van der Waals surface area (Å²) in [5.41, 5.74) is 0. The van der Waals surface area contributed by atoms with Crippen molar-refractivity contribution in [3.05, 3.63) is 0 Å². The van der Waals surface area contributed by atoms with Crippen LogP contribution in [0.25, 0.3) is 0 Å². The first-order valence-corrected chi connectivity index (χ1v) is 0. The van der Waals surface area contributed by atoms with Crippen LogP contribution in [0.1, 0.15) is 0 Å². The largest absolute Gasteiger partial charge is 0 e. The van der Waals surface area contributed by atoms with Gasteiger partial charge in [-0.3, -0.25) is 0 Å². The Balaban J connectivity index is 0. The van der Waals surface area contributed by atoms with Crippen molar-refractivity contribution in [3.63, 3.8) is 0 Å². The van der Waals surface area contributed by atoms with Gasteiger partial charge in [0, 0.05) is 82.8 Å². The monoisotopic (exact) mass is 113 g/mol. The molecule has 4 heteroatoms. The van der Waals surface area contributed by atoms with Crippen molar-refractivity contribution < 1.29 is 17.1 Å². The number of rotatable bonds is 0. The second kappa shape index (κ2) is 17.4. The topological polar surface area (TPSA) is 0 Å². The molecule has 0 fully saturated rings. The molecule has 0 aromatic heterocycles. The summed E-state index contributed by atoms with van der Waals surface area (Å²) in [6.07, 6.45) is 0. The van der Waals surface area contributed by atoms with Crippen molar-refractivity contribution in [2.75, 3.05) is 0 Å². The predicted octanol–water partition coefficient (Wildman–Crippen LogP) is -1.14. The van der Waals surface area contributed by atoms with E-state index in [4.69, 9.17) is 0 Å². The normalized spacial score (nSPS) is 0. The van der Waals surface area contributed by atoms with E-state index in [1.54, 1.807) is 0 Å². The van der Waals surface area contributed by atoms with E-state index in [0.29, 0.717) is 0 Å². The van der Waals surface area contributed by atoms with Crippen LogP contribution in [0.2, 0.25) is 0 Å². The minimum atomic E-state index is 0. The van der Waals surface area contributed by atoms with Crippen LogP contribution in [0.15, 0.2) is 0 Å². The van der Waals surface area contributed by atoms with Crippen molar-refractivity contribution in [2.24, 2.45) is 0 Å². The maximum Gasteiger partial charge on any atom is 0 e. The molecule has 0 bridgehead atoms. The molecule has 0 unspecified atom stereocenters. The molecular weight excluding hydrogens is 113 g/mol. The molecule has 0 atom stereocenters. The van der Waals surface area contributed by atoms with E-state index in [2.05, 4.69) is 0 Å². The molecule has 0 spiro atoms. The first kappa shape index (κ1) is 30.2. The summed E-state index contributed by atoms with van der Waals surface area (Å²) < 4.78 is 0. The van der Waals surface area contributed by atoms with Gasteiger partial charge in [-0.2, -0.15) is 0 Å². The molecule has 13 valence electrons. The van der Waals surface area contributed by atoms with E-state index in [1.807, 2.05) is 0 Å². The van der Waals surface area contributed by atoms with E-state index in [9.17, 15) is 0 Å². The first-order valence-electron chi connectivity index (χ1n) is 0. The molecule has 0 aromatic rings. The fraction of sp³-hybridized carbons (Fsp3) is 0. The van der Waals surface area contributed by atoms with Gasteiger partial charge >= 0.3 is 0 Å². The summed E-state index contributed by atoms with van der Waals surface area (Å²) in [4.78, 5) is 0. The molecule has 5 radical (unpaired) electrons. The minimum Gasteiger partial charge on any atom is 0 e. The average Bonchev–Trinajstić information content (AvgIpc) is 0. The van der Waals surface area contributed by atoms with Crippen molar-refractivity contribution in [1.82, 2.24) is 0 Å². The Morgan fingerprint density at radius 1 is 1.00 bits per heavy atom. The SMILES string of the molecule is [Al].[Fe].[Li].[Na]. The van der Waals surface area contributed by atoms with Gasteiger partial charge < -0.3 is 0 Å². The minimum absolute atomic E-state index is 0. The molecule has 0 nitrogen and oxygen atoms in total. The molecule has 0 saturated carbocycles. The Bertz CT molecular complexity index is 8.00. The van der Waals surface area contributed by atoms with Crippen LogP contribution in [-0.4, -0.2) is 65.8 Å². The van der Waals surface area contributed by atoms with E-state index in [-0.39, 0.29) is 82.8 Å². The summed E-state index contributed by atoms with van der Waals surface area (Å²) in [5.74, 6) is 0. The van der Waals surface area contributed by atoms with Crippen molar-refractivity contribution >= 4 is 65.8 Å². The van der Waals surface area contributed by atoms with Gasteiger partial charge in [0.05, 0.1) is 0 Å². The summed E-state index contributed by atoms with van der Waals surface area (Å²) in [6.45, 7) is 0. The molecule has 4 heavy (non-hydrogen) atoms. The second-order valence-corrected chi connectivity index (χ2v) is 0. The van der Waals surface area contributed by atoms with Crippen LogP contribution in [0.5, 0.6) is 0 Å². The summed E-state index contributed by atoms with van der Waals surface area (Å²) in [7, 11) is 0. The summed E-state index contributed by atoms with van der Waals surface area (Å²) in [5, 5.41) is 0. The van der Waals surface area contributed by atoms with Crippen molar-refractivity contribution in [3.8, 4) is 0 Å². The van der Waals surface area contributed by atoms with E-state index in [1.165, 1.54) is 0 Å². The van der Waals surface area contributed by atoms with Gasteiger partial charge in [0.1, 0.15) is 0 Å². The standard InChI is InChI=1S/Al.Fe.Li.Na. The molecule has 0 aromatic carbocycles. The zero-order chi connectivity index (χ0) is 0. The van der Waals surface area contributed by atoms with E-state index < -0.39 is 0 Å². The van der Waals surface area contributed by atoms with Crippen LogP contribution in [0, 0.1) is 0 Å². The van der Waals surface area contributed by atoms with Crippen molar-refractivity contribution in [1.29, 1.82) is 0 Å². The molecular formula is AlFeLiNa. The summed E-state index contributed by atoms with van der Waals surface area (Å²) >= 11 is 0. The Labute approximate surface area is 81.5 Å². The van der Waals surface area contributed by atoms with Gasteiger partial charge in [-0.05, 0) is 0 Å². The van der Waals surface area contributed by atoms with Crippen LogP contribution in [0.4, 0.5) is 0 Å². The summed E-state index contributed by atoms with van der Waals surface area (Å²) in [6, 6.07) is 0. The second-order valence-electron chi connectivity index (χ2n) is 0. The predicted molar refractivity (Wildman–Crippen MR) is 17.3 cm³/mol. The fourth-order valence-corrected chi connectivity index (χ4v) is 0. The third-order valence-electron chi connectivity index (χ3n) is 0. The van der Waals surface area contributed by atoms with Crippen molar-refractivity contribution in [2.45, 2.75) is 0 Å². The van der Waals surface area contributed by atoms with E-state index in [0.717, 1.165) is 0 Å². The number of hydrogen-bond acceptors (Lipinski definition) is 0. The third-order valence-corrected chi connectivity index (χ3v) is 0. The smallest absolute Gasteiger partial charge is 0 e. The fourth-order valence-electron chi connectivity index (χ4n) is 0. The Morgan fingerprint density at radius 2 is 1.00 bits per heavy atom. The van der Waals surface area contributed by atoms with Gasteiger partial charge in [-0.15, -0.1) is 0 Å². The molecule has 0 rings (SSSR count). The van der Waals surface area contributed by atoms with Gasteiger partial charge in [-0.25, -0.2) is 0 Å². The van der Waals surface area contributed by atoms with E-state index >= 15 is 0 Å². The van der Waals surface area contributed by atoms with Gasteiger partial charge in [0.25, 0.3) is 0 Å². The maximum absolute atomic E-state index is 0. The van der Waals surface area contributed by atoms with Crippen LogP contribution in [-0.2, 0) is 17.1 Å². The first-order chi connectivity index (χ1) is 0. The average molecular weight is 113 g/mol. The Morgan fingerprint density at radius 3 is 1.00 bits per heavy atom. The number of hydrogen-bond donors (Lipinski definition) is 0. The zero-order valence-corrected chi connectivity index (χ0v) is 7.19. The molecule has 0 aliphatic rings. The maximum atomic E-state index is 0. The van der Waals surface area contributed by atoms with Crippen LogP contribution in [0.3, 0.4) is 0 Å². The van der Waals surface area contributed by atoms with Gasteiger partial charge in [-0.1, -0.05) is 0 Å². The zero-order valence-electron chi connectivity index (χ0n) is 2.93. The molecule has 0 heterocycles. The third kappa shape index (κ3) is 8.82. The van der Waals surface area contributed by atoms with Crippen LogP contribution < -0.4 is 0 Å². The van der Waals surface area contributed by atoms with Gasteiger partial charge in [0.15, 0.2) is 0 Å².